The normalized spacial score (nSPS) is 49.1. The third-order valence-electron chi connectivity index (χ3n) is 12.6. The van der Waals surface area contributed by atoms with Crippen LogP contribution in [0, 0.1) is 39.4 Å². The zero-order valence-electron chi connectivity index (χ0n) is 23.2. The largest absolute Gasteiger partial charge is 0.393 e. The van der Waals surface area contributed by atoms with Crippen LogP contribution in [-0.2, 0) is 9.47 Å². The summed E-state index contributed by atoms with van der Waals surface area (Å²) in [5, 5.41) is 10.9. The van der Waals surface area contributed by atoms with Crippen LogP contribution in [0.25, 0.3) is 0 Å². The first kappa shape index (κ1) is 25.0. The molecule has 0 amide bonds. The predicted octanol–water partition coefficient (Wildman–Crippen LogP) is 7.44. The van der Waals surface area contributed by atoms with E-state index in [1.54, 1.807) is 7.11 Å². The minimum Gasteiger partial charge on any atom is -0.393 e. The second kappa shape index (κ2) is 8.18. The summed E-state index contributed by atoms with van der Waals surface area (Å²) in [4.78, 5) is 0. The van der Waals surface area contributed by atoms with Crippen molar-refractivity contribution in [3.05, 3.63) is 22.8 Å². The van der Waals surface area contributed by atoms with Gasteiger partial charge in [-0.2, -0.15) is 0 Å². The average molecular weight is 471 g/mol. The maximum Gasteiger partial charge on any atom is 0.179 e. The van der Waals surface area contributed by atoms with E-state index in [0.717, 1.165) is 19.3 Å². The van der Waals surface area contributed by atoms with Crippen molar-refractivity contribution in [2.45, 2.75) is 125 Å². The zero-order chi connectivity index (χ0) is 24.7. The van der Waals surface area contributed by atoms with Gasteiger partial charge in [0.2, 0.25) is 0 Å². The van der Waals surface area contributed by atoms with Crippen molar-refractivity contribution >= 4 is 0 Å². The molecule has 192 valence electrons. The van der Waals surface area contributed by atoms with Crippen LogP contribution in [0.3, 0.4) is 0 Å². The quantitative estimate of drug-likeness (QED) is 0.436. The SMILES string of the molecule is COC1OC(C(C)C2CCC3(C)C4=C(CCC23C)C2(C)CCC(O)C(C)(C)C2CC4)CC=C1C. The van der Waals surface area contributed by atoms with E-state index in [-0.39, 0.29) is 29.3 Å². The van der Waals surface area contributed by atoms with Crippen LogP contribution in [0.15, 0.2) is 22.8 Å². The summed E-state index contributed by atoms with van der Waals surface area (Å²) in [5.41, 5.74) is 5.77. The number of hydrogen-bond donors (Lipinski definition) is 1. The number of methoxy groups -OCH3 is 1. The summed E-state index contributed by atoms with van der Waals surface area (Å²) >= 11 is 0. The summed E-state index contributed by atoms with van der Waals surface area (Å²) in [5.74, 6) is 1.82. The molecule has 4 aliphatic carbocycles. The van der Waals surface area contributed by atoms with Gasteiger partial charge < -0.3 is 14.6 Å². The van der Waals surface area contributed by atoms with Gasteiger partial charge in [-0.05, 0) is 110 Å². The fourth-order valence-electron chi connectivity index (χ4n) is 10.1. The summed E-state index contributed by atoms with van der Waals surface area (Å²) in [6.45, 7) is 17.1. The Morgan fingerprint density at radius 1 is 1.00 bits per heavy atom. The Morgan fingerprint density at radius 2 is 1.74 bits per heavy atom. The molecule has 0 radical (unpaired) electrons. The third-order valence-corrected chi connectivity index (χ3v) is 12.6. The number of fused-ring (bicyclic) bond motifs is 4. The minimum atomic E-state index is -0.178. The molecule has 5 aliphatic rings. The molecule has 5 rings (SSSR count). The molecule has 3 heteroatoms. The lowest BCUT2D eigenvalue weighted by Gasteiger charge is -2.62. The van der Waals surface area contributed by atoms with E-state index in [0.29, 0.717) is 28.6 Å². The Hall–Kier alpha value is -0.640. The molecule has 0 aromatic rings. The van der Waals surface area contributed by atoms with Crippen LogP contribution in [0.1, 0.15) is 106 Å². The van der Waals surface area contributed by atoms with Crippen molar-refractivity contribution in [3.8, 4) is 0 Å². The fraction of sp³-hybridized carbons (Fsp3) is 0.871. The van der Waals surface area contributed by atoms with Gasteiger partial charge in [-0.3, -0.25) is 0 Å². The van der Waals surface area contributed by atoms with Crippen molar-refractivity contribution < 1.29 is 14.6 Å². The molecule has 34 heavy (non-hydrogen) atoms. The molecular weight excluding hydrogens is 420 g/mol. The van der Waals surface area contributed by atoms with Gasteiger partial charge in [-0.25, -0.2) is 0 Å². The number of hydrogen-bond acceptors (Lipinski definition) is 3. The number of ether oxygens (including phenoxy) is 2. The van der Waals surface area contributed by atoms with Gasteiger partial charge in [0.25, 0.3) is 0 Å². The van der Waals surface area contributed by atoms with Crippen molar-refractivity contribution in [1.29, 1.82) is 0 Å². The first-order valence-corrected chi connectivity index (χ1v) is 14.2. The van der Waals surface area contributed by atoms with E-state index in [4.69, 9.17) is 9.47 Å². The van der Waals surface area contributed by atoms with Gasteiger partial charge in [0.15, 0.2) is 6.29 Å². The average Bonchev–Trinajstić information content (AvgIpc) is 3.08. The van der Waals surface area contributed by atoms with Crippen LogP contribution in [0.4, 0.5) is 0 Å². The van der Waals surface area contributed by atoms with Gasteiger partial charge in [0.1, 0.15) is 0 Å². The zero-order valence-corrected chi connectivity index (χ0v) is 23.2. The van der Waals surface area contributed by atoms with Crippen molar-refractivity contribution in [3.63, 3.8) is 0 Å². The molecule has 0 aromatic carbocycles. The van der Waals surface area contributed by atoms with E-state index in [9.17, 15) is 5.11 Å². The number of rotatable bonds is 3. The van der Waals surface area contributed by atoms with Crippen LogP contribution in [-0.4, -0.2) is 30.7 Å². The lowest BCUT2D eigenvalue weighted by molar-refractivity contribution is -0.163. The standard InChI is InChI=1S/C31H50O3/c1-19-9-11-24(34-27(19)33-8)20(2)21-13-17-31(7)23-10-12-25-28(3,4)26(32)15-16-29(25,5)22(23)14-18-30(21,31)6/h9,20-21,24-27,32H,10-18H2,1-8H3. The molecule has 2 fully saturated rings. The summed E-state index contributed by atoms with van der Waals surface area (Å²) in [6.07, 6.45) is 13.1. The molecule has 0 aromatic heterocycles. The molecule has 3 nitrogen and oxygen atoms in total. The van der Waals surface area contributed by atoms with Crippen molar-refractivity contribution in [2.75, 3.05) is 7.11 Å². The number of aliphatic hydroxyl groups excluding tert-OH is 1. The fourth-order valence-corrected chi connectivity index (χ4v) is 10.1. The topological polar surface area (TPSA) is 38.7 Å². The van der Waals surface area contributed by atoms with E-state index >= 15 is 0 Å². The summed E-state index contributed by atoms with van der Waals surface area (Å²) in [7, 11) is 1.76. The smallest absolute Gasteiger partial charge is 0.179 e. The highest BCUT2D eigenvalue weighted by atomic mass is 16.7. The molecule has 1 heterocycles. The van der Waals surface area contributed by atoms with Crippen LogP contribution in [0.5, 0.6) is 0 Å². The highest BCUT2D eigenvalue weighted by Gasteiger charge is 2.63. The van der Waals surface area contributed by atoms with Crippen molar-refractivity contribution in [1.82, 2.24) is 0 Å². The highest BCUT2D eigenvalue weighted by Crippen LogP contribution is 2.72. The van der Waals surface area contributed by atoms with E-state index < -0.39 is 0 Å². The lowest BCUT2D eigenvalue weighted by atomic mass is 9.43. The molecule has 0 spiro atoms. The number of aliphatic hydroxyl groups is 1. The van der Waals surface area contributed by atoms with E-state index in [1.165, 1.54) is 44.1 Å². The molecule has 9 atom stereocenters. The highest BCUT2D eigenvalue weighted by molar-refractivity contribution is 5.38. The predicted molar refractivity (Wildman–Crippen MR) is 138 cm³/mol. The van der Waals surface area contributed by atoms with Gasteiger partial charge in [-0.1, -0.05) is 58.8 Å². The van der Waals surface area contributed by atoms with Gasteiger partial charge in [0, 0.05) is 7.11 Å². The van der Waals surface area contributed by atoms with Crippen LogP contribution >= 0.6 is 0 Å². The van der Waals surface area contributed by atoms with E-state index in [2.05, 4.69) is 54.5 Å². The Labute approximate surface area is 208 Å². The number of allylic oxidation sites excluding steroid dienone is 2. The Balaban J connectivity index is 1.46. The molecule has 0 bridgehead atoms. The maximum absolute atomic E-state index is 10.9. The molecule has 9 unspecified atom stereocenters. The summed E-state index contributed by atoms with van der Waals surface area (Å²) in [6, 6.07) is 0. The third kappa shape index (κ3) is 3.25. The summed E-state index contributed by atoms with van der Waals surface area (Å²) < 4.78 is 12.1. The molecule has 0 saturated heterocycles. The first-order valence-electron chi connectivity index (χ1n) is 14.2. The van der Waals surface area contributed by atoms with Gasteiger partial charge >= 0.3 is 0 Å². The maximum atomic E-state index is 10.9. The Kier molecular flexibility index (Phi) is 6.02. The van der Waals surface area contributed by atoms with Crippen LogP contribution < -0.4 is 0 Å². The Bertz CT molecular complexity index is 885. The molecule has 1 aliphatic heterocycles. The van der Waals surface area contributed by atoms with Gasteiger partial charge in [-0.15, -0.1) is 0 Å². The second-order valence-electron chi connectivity index (χ2n) is 14.0. The Morgan fingerprint density at radius 3 is 2.44 bits per heavy atom. The molecule has 1 N–H and O–H groups in total. The first-order chi connectivity index (χ1) is 15.9. The lowest BCUT2D eigenvalue weighted by Crippen LogP contribution is -2.55. The second-order valence-corrected chi connectivity index (χ2v) is 14.0. The molecular formula is C31H50O3. The molecule has 2 saturated carbocycles. The van der Waals surface area contributed by atoms with E-state index in [1.807, 2.05) is 11.1 Å². The monoisotopic (exact) mass is 470 g/mol. The van der Waals surface area contributed by atoms with Crippen LogP contribution in [0.2, 0.25) is 0 Å². The van der Waals surface area contributed by atoms with Crippen molar-refractivity contribution in [2.24, 2.45) is 39.4 Å². The minimum absolute atomic E-state index is 0.0156. The van der Waals surface area contributed by atoms with Gasteiger partial charge in [0.05, 0.1) is 12.2 Å².